The van der Waals surface area contributed by atoms with Gasteiger partial charge in [-0.15, -0.1) is 11.3 Å². The van der Waals surface area contributed by atoms with Crippen LogP contribution in [0.4, 0.5) is 5.13 Å². The topological polar surface area (TPSA) is 81.9 Å². The molecule has 3 heterocycles. The number of pyridine rings is 1. The highest BCUT2D eigenvalue weighted by Gasteiger charge is 2.21. The Balaban J connectivity index is 1.49. The van der Waals surface area contributed by atoms with Crippen LogP contribution in [0.25, 0.3) is 11.4 Å². The molecule has 3 aromatic heterocycles. The zero-order valence-electron chi connectivity index (χ0n) is 17.0. The second-order valence-corrected chi connectivity index (χ2v) is 7.91. The molecule has 0 bridgehead atoms. The van der Waals surface area contributed by atoms with Gasteiger partial charge in [-0.2, -0.15) is 5.10 Å². The monoisotopic (exact) mass is 453 g/mol. The molecule has 0 saturated carbocycles. The molecular weight excluding hydrogens is 434 g/mol. The average molecular weight is 454 g/mol. The number of ether oxygens (including phenoxy) is 1. The van der Waals surface area contributed by atoms with Gasteiger partial charge in [-0.3, -0.25) is 15.1 Å². The molecule has 0 saturated heterocycles. The molecule has 31 heavy (non-hydrogen) atoms. The highest BCUT2D eigenvalue weighted by atomic mass is 35.5. The van der Waals surface area contributed by atoms with Crippen molar-refractivity contribution >= 4 is 34.0 Å². The van der Waals surface area contributed by atoms with Gasteiger partial charge in [0.05, 0.1) is 36.3 Å². The molecule has 0 spiro atoms. The number of rotatable bonds is 7. The lowest BCUT2D eigenvalue weighted by molar-refractivity contribution is 0.102. The SMILES string of the molecule is CCOc1ccc(-c2csc(NC(=O)c3c(C)nn(Cc4ccccc4)c3Cl)n2)nc1. The molecule has 1 N–H and O–H groups in total. The molecule has 0 fully saturated rings. The van der Waals surface area contributed by atoms with E-state index < -0.39 is 0 Å². The number of hydrogen-bond acceptors (Lipinski definition) is 6. The Morgan fingerprint density at radius 3 is 2.71 bits per heavy atom. The Kier molecular flexibility index (Phi) is 6.29. The minimum Gasteiger partial charge on any atom is -0.492 e. The fourth-order valence-electron chi connectivity index (χ4n) is 3.06. The van der Waals surface area contributed by atoms with Crippen molar-refractivity contribution in [3.05, 3.63) is 76.0 Å². The van der Waals surface area contributed by atoms with Crippen LogP contribution >= 0.6 is 22.9 Å². The summed E-state index contributed by atoms with van der Waals surface area (Å²) in [5.74, 6) is 0.356. The van der Waals surface area contributed by atoms with E-state index in [1.165, 1.54) is 11.3 Å². The van der Waals surface area contributed by atoms with Gasteiger partial charge in [-0.1, -0.05) is 41.9 Å². The Labute approximate surface area is 188 Å². The van der Waals surface area contributed by atoms with E-state index in [1.54, 1.807) is 17.8 Å². The number of nitrogens with one attached hydrogen (secondary N) is 1. The first-order chi connectivity index (χ1) is 15.0. The van der Waals surface area contributed by atoms with Gasteiger partial charge in [-0.25, -0.2) is 9.67 Å². The van der Waals surface area contributed by atoms with Gasteiger partial charge in [-0.05, 0) is 31.5 Å². The summed E-state index contributed by atoms with van der Waals surface area (Å²) in [5.41, 5.74) is 3.32. The first kappa shape index (κ1) is 21.0. The number of aromatic nitrogens is 4. The van der Waals surface area contributed by atoms with Crippen molar-refractivity contribution in [2.24, 2.45) is 0 Å². The second-order valence-electron chi connectivity index (χ2n) is 6.70. The van der Waals surface area contributed by atoms with Crippen molar-refractivity contribution in [2.75, 3.05) is 11.9 Å². The Hall–Kier alpha value is -3.23. The lowest BCUT2D eigenvalue weighted by Gasteiger charge is -2.04. The first-order valence-corrected chi connectivity index (χ1v) is 10.9. The van der Waals surface area contributed by atoms with Crippen molar-refractivity contribution in [3.63, 3.8) is 0 Å². The van der Waals surface area contributed by atoms with Crippen molar-refractivity contribution < 1.29 is 9.53 Å². The number of nitrogens with zero attached hydrogens (tertiary/aromatic N) is 4. The Morgan fingerprint density at radius 2 is 2.00 bits per heavy atom. The largest absolute Gasteiger partial charge is 0.492 e. The van der Waals surface area contributed by atoms with Crippen LogP contribution in [0.2, 0.25) is 5.15 Å². The maximum absolute atomic E-state index is 12.9. The van der Waals surface area contributed by atoms with Crippen molar-refractivity contribution in [1.29, 1.82) is 0 Å². The predicted octanol–water partition coefficient (Wildman–Crippen LogP) is 5.06. The molecule has 158 valence electrons. The lowest BCUT2D eigenvalue weighted by Crippen LogP contribution is -2.13. The number of thiazole rings is 1. The van der Waals surface area contributed by atoms with Crippen molar-refractivity contribution in [3.8, 4) is 17.1 Å². The van der Waals surface area contributed by atoms with Crippen LogP contribution in [0.1, 0.15) is 28.5 Å². The van der Waals surface area contributed by atoms with Gasteiger partial charge >= 0.3 is 0 Å². The van der Waals surface area contributed by atoms with Crippen LogP contribution in [-0.2, 0) is 6.54 Å². The van der Waals surface area contributed by atoms with Crippen molar-refractivity contribution in [1.82, 2.24) is 19.7 Å². The number of carbonyl (C=O) groups excluding carboxylic acids is 1. The molecule has 0 radical (unpaired) electrons. The van der Waals surface area contributed by atoms with Gasteiger partial charge in [0.1, 0.15) is 16.6 Å². The van der Waals surface area contributed by atoms with Crippen LogP contribution in [-0.4, -0.2) is 32.3 Å². The minimum atomic E-state index is -0.345. The van der Waals surface area contributed by atoms with Crippen LogP contribution in [0, 0.1) is 6.92 Å². The summed E-state index contributed by atoms with van der Waals surface area (Å²) in [6, 6.07) is 13.5. The normalized spacial score (nSPS) is 10.8. The van der Waals surface area contributed by atoms with Crippen molar-refractivity contribution in [2.45, 2.75) is 20.4 Å². The highest BCUT2D eigenvalue weighted by molar-refractivity contribution is 7.14. The second kappa shape index (κ2) is 9.28. The first-order valence-electron chi connectivity index (χ1n) is 9.68. The summed E-state index contributed by atoms with van der Waals surface area (Å²) in [6.07, 6.45) is 1.65. The summed E-state index contributed by atoms with van der Waals surface area (Å²) in [7, 11) is 0. The zero-order chi connectivity index (χ0) is 21.8. The molecule has 0 aliphatic carbocycles. The number of anilines is 1. The van der Waals surface area contributed by atoms with Gasteiger partial charge in [0.25, 0.3) is 5.91 Å². The standard InChI is InChI=1S/C22H20ClN5O2S/c1-3-30-16-9-10-17(24-11-16)18-13-31-22(25-18)26-21(29)19-14(2)27-28(20(19)23)12-15-7-5-4-6-8-15/h4-11,13H,3,12H2,1-2H3,(H,25,26,29). The molecule has 9 heteroatoms. The predicted molar refractivity (Wildman–Crippen MR) is 122 cm³/mol. The van der Waals surface area contributed by atoms with Gasteiger partial charge in [0, 0.05) is 5.38 Å². The molecule has 4 aromatic rings. The van der Waals surface area contributed by atoms with E-state index in [4.69, 9.17) is 16.3 Å². The number of halogens is 1. The molecule has 1 amide bonds. The van der Waals surface area contributed by atoms with E-state index in [1.807, 2.05) is 54.8 Å². The summed E-state index contributed by atoms with van der Waals surface area (Å²) in [6.45, 7) is 4.75. The third kappa shape index (κ3) is 4.76. The third-order valence-corrected chi connectivity index (χ3v) is 5.64. The average Bonchev–Trinajstić information content (AvgIpc) is 3.33. The fourth-order valence-corrected chi connectivity index (χ4v) is 4.08. The van der Waals surface area contributed by atoms with E-state index in [9.17, 15) is 4.79 Å². The number of aryl methyl sites for hydroxylation is 1. The Bertz CT molecular complexity index is 1190. The molecule has 0 aliphatic rings. The number of hydrogen-bond donors (Lipinski definition) is 1. The lowest BCUT2D eigenvalue weighted by atomic mass is 10.2. The summed E-state index contributed by atoms with van der Waals surface area (Å²) in [5, 5.41) is 9.84. The zero-order valence-corrected chi connectivity index (χ0v) is 18.6. The van der Waals surface area contributed by atoms with E-state index in [2.05, 4.69) is 20.4 Å². The molecular formula is C22H20ClN5O2S. The number of amides is 1. The van der Waals surface area contributed by atoms with Gasteiger partial charge in [0.2, 0.25) is 0 Å². The van der Waals surface area contributed by atoms with Crippen LogP contribution in [0.15, 0.2) is 54.0 Å². The summed E-state index contributed by atoms with van der Waals surface area (Å²) in [4.78, 5) is 21.7. The van der Waals surface area contributed by atoms with E-state index >= 15 is 0 Å². The summed E-state index contributed by atoms with van der Waals surface area (Å²) < 4.78 is 7.03. The van der Waals surface area contributed by atoms with E-state index in [0.717, 1.165) is 5.56 Å². The molecule has 0 aliphatic heterocycles. The molecule has 0 atom stereocenters. The number of carbonyl (C=O) groups is 1. The highest BCUT2D eigenvalue weighted by Crippen LogP contribution is 2.27. The Morgan fingerprint density at radius 1 is 1.19 bits per heavy atom. The summed E-state index contributed by atoms with van der Waals surface area (Å²) >= 11 is 7.80. The minimum absolute atomic E-state index is 0.295. The fraction of sp³-hybridized carbons (Fsp3) is 0.182. The van der Waals surface area contributed by atoms with Gasteiger partial charge < -0.3 is 4.74 Å². The van der Waals surface area contributed by atoms with Crippen LogP contribution < -0.4 is 10.1 Å². The molecule has 0 unspecified atom stereocenters. The van der Waals surface area contributed by atoms with Crippen LogP contribution in [0.3, 0.4) is 0 Å². The van der Waals surface area contributed by atoms with E-state index in [-0.39, 0.29) is 5.91 Å². The molecule has 7 nitrogen and oxygen atoms in total. The molecule has 4 rings (SSSR count). The maximum atomic E-state index is 12.9. The third-order valence-electron chi connectivity index (χ3n) is 4.50. The maximum Gasteiger partial charge on any atom is 0.262 e. The van der Waals surface area contributed by atoms with Gasteiger partial charge in [0.15, 0.2) is 5.13 Å². The quantitative estimate of drug-likeness (QED) is 0.422. The smallest absolute Gasteiger partial charge is 0.262 e. The van der Waals surface area contributed by atoms with Crippen LogP contribution in [0.5, 0.6) is 5.75 Å². The number of benzene rings is 1. The molecule has 1 aromatic carbocycles. The van der Waals surface area contributed by atoms with E-state index in [0.29, 0.717) is 51.8 Å².